The van der Waals surface area contributed by atoms with Crippen molar-refractivity contribution in [2.24, 2.45) is 29.1 Å². The van der Waals surface area contributed by atoms with Gasteiger partial charge in [0.25, 0.3) is 0 Å². The van der Waals surface area contributed by atoms with Crippen LogP contribution in [0.2, 0.25) is 0 Å². The van der Waals surface area contributed by atoms with Gasteiger partial charge in [0.15, 0.2) is 0 Å². The Morgan fingerprint density at radius 2 is 1.87 bits per heavy atom. The molecule has 0 aromatic carbocycles. The fourth-order valence-corrected chi connectivity index (χ4v) is 6.63. The second-order valence-corrected chi connectivity index (χ2v) is 10.7. The van der Waals surface area contributed by atoms with Gasteiger partial charge in [-0.25, -0.2) is 0 Å². The van der Waals surface area contributed by atoms with Gasteiger partial charge in [0.05, 0.1) is 18.3 Å². The number of fused-ring (bicyclic) bond motifs is 1. The molecule has 4 saturated carbocycles. The summed E-state index contributed by atoms with van der Waals surface area (Å²) < 4.78 is 0. The lowest BCUT2D eigenvalue weighted by molar-refractivity contribution is 0.0862. The Balaban J connectivity index is 1.48. The molecule has 7 atom stereocenters. The molecule has 0 radical (unpaired) electrons. The first kappa shape index (κ1) is 22.0. The van der Waals surface area contributed by atoms with E-state index in [4.69, 9.17) is 0 Å². The summed E-state index contributed by atoms with van der Waals surface area (Å²) >= 11 is 0. The Labute approximate surface area is 182 Å². The second-order valence-electron chi connectivity index (χ2n) is 10.7. The van der Waals surface area contributed by atoms with Crippen molar-refractivity contribution in [3.63, 3.8) is 0 Å². The van der Waals surface area contributed by atoms with E-state index in [9.17, 15) is 15.3 Å². The fourth-order valence-electron chi connectivity index (χ4n) is 6.63. The highest BCUT2D eigenvalue weighted by molar-refractivity contribution is 5.38. The lowest BCUT2D eigenvalue weighted by Gasteiger charge is -2.44. The van der Waals surface area contributed by atoms with Crippen molar-refractivity contribution in [3.8, 4) is 0 Å². The summed E-state index contributed by atoms with van der Waals surface area (Å²) in [6, 6.07) is 0. The molecule has 3 N–H and O–H groups in total. The normalized spacial score (nSPS) is 42.1. The van der Waals surface area contributed by atoms with E-state index >= 15 is 0 Å². The van der Waals surface area contributed by atoms with E-state index in [2.05, 4.69) is 44.7 Å². The van der Waals surface area contributed by atoms with Gasteiger partial charge in [0.1, 0.15) is 0 Å². The van der Waals surface area contributed by atoms with Crippen molar-refractivity contribution in [2.75, 3.05) is 0 Å². The molecule has 4 aliphatic rings. The van der Waals surface area contributed by atoms with Crippen LogP contribution in [0.1, 0.15) is 71.6 Å². The monoisotopic (exact) mass is 412 g/mol. The zero-order chi connectivity index (χ0) is 21.5. The largest absolute Gasteiger partial charge is 0.393 e. The van der Waals surface area contributed by atoms with Gasteiger partial charge in [-0.05, 0) is 91.6 Å². The Bertz CT molecular complexity index is 743. The molecule has 0 heterocycles. The summed E-state index contributed by atoms with van der Waals surface area (Å²) in [5, 5.41) is 30.4. The molecule has 4 rings (SSSR count). The molecule has 0 saturated heterocycles. The van der Waals surface area contributed by atoms with E-state index < -0.39 is 12.2 Å². The van der Waals surface area contributed by atoms with Crippen molar-refractivity contribution < 1.29 is 15.3 Å². The summed E-state index contributed by atoms with van der Waals surface area (Å²) in [6.07, 6.45) is 16.9. The predicted octanol–water partition coefficient (Wildman–Crippen LogP) is 5.09. The highest BCUT2D eigenvalue weighted by Crippen LogP contribution is 2.59. The average molecular weight is 413 g/mol. The number of rotatable bonds is 5. The SMILES string of the molecule is C=C1/C(=C\C=C2/CCCC3(C)[C@@H]([C@H](C)/C=C/[C@@H](O)C4CC4)CC[C@@H]23)C[C@@H](O)C[C@@H]1O. The molecular weight excluding hydrogens is 372 g/mol. The van der Waals surface area contributed by atoms with Crippen molar-refractivity contribution in [3.05, 3.63) is 47.6 Å². The van der Waals surface area contributed by atoms with Gasteiger partial charge < -0.3 is 15.3 Å². The van der Waals surface area contributed by atoms with E-state index in [1.807, 2.05) is 0 Å². The first-order valence-electron chi connectivity index (χ1n) is 12.1. The molecule has 0 bridgehead atoms. The summed E-state index contributed by atoms with van der Waals surface area (Å²) in [4.78, 5) is 0. The molecule has 166 valence electrons. The standard InChI is InChI=1S/C27H40O3/c1-17(6-13-25(29)20-8-9-20)23-11-12-24-19(5-4-14-27(23,24)3)7-10-21-15-22(28)16-26(30)18(21)2/h6-7,10,13,17,20,22-26,28-30H,2,4-5,8-9,11-12,14-16H2,1,3H3/b13-6+,19-7+,21-10-/t17-,22-,23-,24+,25-,26+,27?/m1/s1. The first-order chi connectivity index (χ1) is 14.3. The zero-order valence-corrected chi connectivity index (χ0v) is 18.8. The lowest BCUT2D eigenvalue weighted by Crippen LogP contribution is -2.35. The summed E-state index contributed by atoms with van der Waals surface area (Å²) in [5.41, 5.74) is 3.63. The molecule has 0 spiro atoms. The minimum Gasteiger partial charge on any atom is -0.393 e. The summed E-state index contributed by atoms with van der Waals surface area (Å²) in [7, 11) is 0. The Hall–Kier alpha value is -1.16. The van der Waals surface area contributed by atoms with Crippen LogP contribution in [0.4, 0.5) is 0 Å². The Morgan fingerprint density at radius 3 is 2.60 bits per heavy atom. The Kier molecular flexibility index (Phi) is 6.44. The maximum atomic E-state index is 10.2. The quantitative estimate of drug-likeness (QED) is 0.551. The highest BCUT2D eigenvalue weighted by atomic mass is 16.3. The van der Waals surface area contributed by atoms with Crippen LogP contribution in [0, 0.1) is 29.1 Å². The molecule has 0 aromatic rings. The molecule has 1 unspecified atom stereocenters. The molecule has 3 nitrogen and oxygen atoms in total. The summed E-state index contributed by atoms with van der Waals surface area (Å²) in [6.45, 7) is 8.88. The van der Waals surface area contributed by atoms with Gasteiger partial charge in [-0.1, -0.05) is 50.3 Å². The van der Waals surface area contributed by atoms with Crippen LogP contribution in [0.5, 0.6) is 0 Å². The van der Waals surface area contributed by atoms with E-state index in [1.165, 1.54) is 44.1 Å². The molecule has 0 amide bonds. The molecule has 30 heavy (non-hydrogen) atoms. The third-order valence-corrected chi connectivity index (χ3v) is 8.65. The predicted molar refractivity (Wildman–Crippen MR) is 122 cm³/mol. The van der Waals surface area contributed by atoms with E-state index in [-0.39, 0.29) is 6.10 Å². The van der Waals surface area contributed by atoms with Gasteiger partial charge in [0, 0.05) is 6.42 Å². The third-order valence-electron chi connectivity index (χ3n) is 8.65. The zero-order valence-electron chi connectivity index (χ0n) is 18.8. The van der Waals surface area contributed by atoms with Crippen molar-refractivity contribution in [1.29, 1.82) is 0 Å². The van der Waals surface area contributed by atoms with Crippen LogP contribution in [-0.2, 0) is 0 Å². The number of hydrogen-bond donors (Lipinski definition) is 3. The van der Waals surface area contributed by atoms with Crippen molar-refractivity contribution in [2.45, 2.75) is 89.9 Å². The number of aliphatic hydroxyl groups excluding tert-OH is 3. The third kappa shape index (κ3) is 4.40. The van der Waals surface area contributed by atoms with Gasteiger partial charge >= 0.3 is 0 Å². The number of hydrogen-bond acceptors (Lipinski definition) is 3. The number of allylic oxidation sites excluding steroid dienone is 4. The topological polar surface area (TPSA) is 60.7 Å². The minimum atomic E-state index is -0.621. The lowest BCUT2D eigenvalue weighted by atomic mass is 9.61. The fraction of sp³-hybridized carbons (Fsp3) is 0.704. The second kappa shape index (κ2) is 8.76. The maximum Gasteiger partial charge on any atom is 0.0811 e. The molecule has 4 aliphatic carbocycles. The van der Waals surface area contributed by atoms with Crippen molar-refractivity contribution in [1.82, 2.24) is 0 Å². The molecule has 0 aromatic heterocycles. The minimum absolute atomic E-state index is 0.250. The first-order valence-corrected chi connectivity index (χ1v) is 12.1. The van der Waals surface area contributed by atoms with Crippen LogP contribution in [0.3, 0.4) is 0 Å². The van der Waals surface area contributed by atoms with Crippen LogP contribution in [0.25, 0.3) is 0 Å². The van der Waals surface area contributed by atoms with Crippen molar-refractivity contribution >= 4 is 0 Å². The average Bonchev–Trinajstić information content (AvgIpc) is 3.49. The summed E-state index contributed by atoms with van der Waals surface area (Å²) in [5.74, 6) is 2.28. The molecule has 4 fully saturated rings. The molecular formula is C27H40O3. The maximum absolute atomic E-state index is 10.2. The number of aliphatic hydroxyl groups is 3. The van der Waals surface area contributed by atoms with Crippen LogP contribution in [0.15, 0.2) is 47.6 Å². The van der Waals surface area contributed by atoms with Crippen LogP contribution >= 0.6 is 0 Å². The van der Waals surface area contributed by atoms with Gasteiger partial charge in [-0.3, -0.25) is 0 Å². The van der Waals surface area contributed by atoms with Crippen LogP contribution in [-0.4, -0.2) is 33.6 Å². The van der Waals surface area contributed by atoms with Gasteiger partial charge in [0.2, 0.25) is 0 Å². The van der Waals surface area contributed by atoms with Crippen LogP contribution < -0.4 is 0 Å². The van der Waals surface area contributed by atoms with E-state index in [0.717, 1.165) is 17.6 Å². The molecule has 3 heteroatoms. The Morgan fingerprint density at radius 1 is 1.10 bits per heavy atom. The van der Waals surface area contributed by atoms with Gasteiger partial charge in [-0.2, -0.15) is 0 Å². The molecule has 0 aliphatic heterocycles. The highest BCUT2D eigenvalue weighted by Gasteiger charge is 2.50. The van der Waals surface area contributed by atoms with Gasteiger partial charge in [-0.15, -0.1) is 0 Å². The van der Waals surface area contributed by atoms with E-state index in [0.29, 0.717) is 41.9 Å². The van der Waals surface area contributed by atoms with E-state index in [1.54, 1.807) is 0 Å². The smallest absolute Gasteiger partial charge is 0.0811 e.